The van der Waals surface area contributed by atoms with Gasteiger partial charge in [-0.25, -0.2) is 0 Å². The monoisotopic (exact) mass is 300 g/mol. The van der Waals surface area contributed by atoms with Crippen molar-refractivity contribution in [2.45, 2.75) is 31.9 Å². The van der Waals surface area contributed by atoms with Gasteiger partial charge >= 0.3 is 0 Å². The number of hydrogen-bond acceptors (Lipinski definition) is 3. The zero-order valence-corrected chi connectivity index (χ0v) is 12.3. The molecule has 1 atom stereocenters. The average Bonchev–Trinajstić information content (AvgIpc) is 2.28. The molecule has 0 fully saturated rings. The summed E-state index contributed by atoms with van der Waals surface area (Å²) in [5.41, 5.74) is 6.70. The van der Waals surface area contributed by atoms with E-state index in [0.717, 1.165) is 16.6 Å². The molecule has 0 bridgehead atoms. The summed E-state index contributed by atoms with van der Waals surface area (Å²) in [6, 6.07) is 8.29. The van der Waals surface area contributed by atoms with E-state index in [0.29, 0.717) is 6.54 Å². The van der Waals surface area contributed by atoms with E-state index in [1.54, 1.807) is 7.11 Å². The summed E-state index contributed by atoms with van der Waals surface area (Å²) in [7, 11) is 1.73. The molecular weight excluding hydrogens is 280 g/mol. The summed E-state index contributed by atoms with van der Waals surface area (Å²) >= 11 is 3.45. The normalized spacial score (nSPS) is 13.5. The third-order valence-electron chi connectivity index (χ3n) is 2.77. The van der Waals surface area contributed by atoms with Crippen LogP contribution in [0.4, 0.5) is 5.69 Å². The molecule has 0 radical (unpaired) electrons. The lowest BCUT2D eigenvalue weighted by Crippen LogP contribution is -2.37. The van der Waals surface area contributed by atoms with Crippen LogP contribution < -0.4 is 11.1 Å². The molecule has 0 aromatic heterocycles. The largest absolute Gasteiger partial charge is 0.381 e. The molecule has 0 saturated heterocycles. The summed E-state index contributed by atoms with van der Waals surface area (Å²) in [6.07, 6.45) is 0.868. The molecule has 3 N–H and O–H groups in total. The van der Waals surface area contributed by atoms with Gasteiger partial charge in [0.1, 0.15) is 0 Å². The Labute approximate surface area is 112 Å². The molecule has 0 spiro atoms. The maximum atomic E-state index is 5.79. The smallest absolute Gasteiger partial charge is 0.0642 e. The van der Waals surface area contributed by atoms with Gasteiger partial charge in [-0.05, 0) is 38.5 Å². The first kappa shape index (κ1) is 14.5. The molecule has 0 saturated carbocycles. The molecule has 17 heavy (non-hydrogen) atoms. The summed E-state index contributed by atoms with van der Waals surface area (Å²) < 4.78 is 6.49. The van der Waals surface area contributed by atoms with Gasteiger partial charge < -0.3 is 15.8 Å². The van der Waals surface area contributed by atoms with Crippen molar-refractivity contribution < 1.29 is 4.74 Å². The lowest BCUT2D eigenvalue weighted by atomic mass is 9.98. The maximum absolute atomic E-state index is 5.79. The fourth-order valence-corrected chi connectivity index (χ4v) is 2.08. The molecule has 3 nitrogen and oxygen atoms in total. The van der Waals surface area contributed by atoms with Crippen LogP contribution in [0.1, 0.15) is 20.3 Å². The second-order valence-electron chi connectivity index (χ2n) is 4.76. The molecule has 1 unspecified atom stereocenters. The van der Waals surface area contributed by atoms with Crippen LogP contribution in [-0.4, -0.2) is 25.3 Å². The molecule has 4 heteroatoms. The Morgan fingerprint density at radius 3 is 2.71 bits per heavy atom. The van der Waals surface area contributed by atoms with E-state index >= 15 is 0 Å². The number of methoxy groups -OCH3 is 1. The number of nitrogens with two attached hydrogens (primary N) is 1. The van der Waals surface area contributed by atoms with Gasteiger partial charge in [-0.2, -0.15) is 0 Å². The third-order valence-corrected chi connectivity index (χ3v) is 3.26. The van der Waals surface area contributed by atoms with Crippen molar-refractivity contribution in [2.24, 2.45) is 5.73 Å². The first-order valence-electron chi connectivity index (χ1n) is 5.74. The Balaban J connectivity index is 2.64. The van der Waals surface area contributed by atoms with Crippen LogP contribution >= 0.6 is 15.9 Å². The van der Waals surface area contributed by atoms with Crippen LogP contribution in [0.15, 0.2) is 28.7 Å². The van der Waals surface area contributed by atoms with E-state index < -0.39 is 0 Å². The molecular formula is C13H21BrN2O. The van der Waals surface area contributed by atoms with Crippen LogP contribution in [0, 0.1) is 0 Å². The van der Waals surface area contributed by atoms with Crippen molar-refractivity contribution in [3.8, 4) is 0 Å². The van der Waals surface area contributed by atoms with Crippen molar-refractivity contribution >= 4 is 21.6 Å². The highest BCUT2D eigenvalue weighted by Gasteiger charge is 2.21. The highest BCUT2D eigenvalue weighted by Crippen LogP contribution is 2.20. The van der Waals surface area contributed by atoms with Crippen LogP contribution in [0.5, 0.6) is 0 Å². The summed E-state index contributed by atoms with van der Waals surface area (Å²) in [4.78, 5) is 0. The Morgan fingerprint density at radius 1 is 1.47 bits per heavy atom. The van der Waals surface area contributed by atoms with Crippen molar-refractivity contribution in [3.05, 3.63) is 28.7 Å². The van der Waals surface area contributed by atoms with Gasteiger partial charge in [0, 0.05) is 29.9 Å². The van der Waals surface area contributed by atoms with Crippen LogP contribution in [0.3, 0.4) is 0 Å². The highest BCUT2D eigenvalue weighted by atomic mass is 79.9. The molecule has 96 valence electrons. The number of hydrogen-bond donors (Lipinski definition) is 2. The van der Waals surface area contributed by atoms with Crippen LogP contribution in [0.25, 0.3) is 0 Å². The van der Waals surface area contributed by atoms with E-state index in [1.165, 1.54) is 0 Å². The standard InChI is InChI=1S/C13H21BrN2O/c1-13(2,17-3)8-12(9-15)16-11-6-4-5-10(14)7-11/h4-7,12,16H,8-9,15H2,1-3H3. The number of halogens is 1. The van der Waals surface area contributed by atoms with Crippen molar-refractivity contribution in [2.75, 3.05) is 19.0 Å². The minimum Gasteiger partial charge on any atom is -0.381 e. The van der Waals surface area contributed by atoms with Gasteiger partial charge in [-0.1, -0.05) is 22.0 Å². The van der Waals surface area contributed by atoms with Gasteiger partial charge in [-0.3, -0.25) is 0 Å². The molecule has 0 heterocycles. The maximum Gasteiger partial charge on any atom is 0.0642 e. The van der Waals surface area contributed by atoms with Gasteiger partial charge in [0.15, 0.2) is 0 Å². The van der Waals surface area contributed by atoms with E-state index in [9.17, 15) is 0 Å². The first-order valence-corrected chi connectivity index (χ1v) is 6.53. The fourth-order valence-electron chi connectivity index (χ4n) is 1.68. The number of rotatable bonds is 6. The SMILES string of the molecule is COC(C)(C)CC(CN)Nc1cccc(Br)c1. The number of nitrogens with one attached hydrogen (secondary N) is 1. The summed E-state index contributed by atoms with van der Waals surface area (Å²) in [6.45, 7) is 4.72. The molecule has 0 aliphatic heterocycles. The number of anilines is 1. The number of benzene rings is 1. The third kappa shape index (κ3) is 5.06. The van der Waals surface area contributed by atoms with Crippen molar-refractivity contribution in [3.63, 3.8) is 0 Å². The molecule has 0 aliphatic rings. The zero-order chi connectivity index (χ0) is 12.9. The zero-order valence-electron chi connectivity index (χ0n) is 10.7. The Kier molecular flexibility index (Phi) is 5.43. The second-order valence-corrected chi connectivity index (χ2v) is 5.67. The minimum absolute atomic E-state index is 0.164. The highest BCUT2D eigenvalue weighted by molar-refractivity contribution is 9.10. The summed E-state index contributed by atoms with van der Waals surface area (Å²) in [5, 5.41) is 3.42. The average molecular weight is 301 g/mol. The van der Waals surface area contributed by atoms with Gasteiger partial charge in [0.05, 0.1) is 5.60 Å². The fraction of sp³-hybridized carbons (Fsp3) is 0.538. The topological polar surface area (TPSA) is 47.3 Å². The molecule has 1 aromatic rings. The molecule has 1 rings (SSSR count). The summed E-state index contributed by atoms with van der Waals surface area (Å²) in [5.74, 6) is 0. The van der Waals surface area contributed by atoms with Crippen LogP contribution in [-0.2, 0) is 4.74 Å². The molecule has 0 amide bonds. The van der Waals surface area contributed by atoms with Gasteiger partial charge in [0.25, 0.3) is 0 Å². The molecule has 1 aromatic carbocycles. The lowest BCUT2D eigenvalue weighted by Gasteiger charge is -2.29. The number of ether oxygens (including phenoxy) is 1. The van der Waals surface area contributed by atoms with E-state index in [2.05, 4.69) is 35.1 Å². The minimum atomic E-state index is -0.164. The van der Waals surface area contributed by atoms with Crippen molar-refractivity contribution in [1.29, 1.82) is 0 Å². The van der Waals surface area contributed by atoms with Gasteiger partial charge in [0.2, 0.25) is 0 Å². The quantitative estimate of drug-likeness (QED) is 0.849. The van der Waals surface area contributed by atoms with Crippen molar-refractivity contribution in [1.82, 2.24) is 0 Å². The van der Waals surface area contributed by atoms with Crippen LogP contribution in [0.2, 0.25) is 0 Å². The Morgan fingerprint density at radius 2 is 2.18 bits per heavy atom. The predicted molar refractivity (Wildman–Crippen MR) is 76.3 cm³/mol. The second kappa shape index (κ2) is 6.38. The van der Waals surface area contributed by atoms with E-state index in [-0.39, 0.29) is 11.6 Å². The van der Waals surface area contributed by atoms with Gasteiger partial charge in [-0.15, -0.1) is 0 Å². The predicted octanol–water partition coefficient (Wildman–Crippen LogP) is 3.00. The first-order chi connectivity index (χ1) is 7.96. The van der Waals surface area contributed by atoms with E-state index in [4.69, 9.17) is 10.5 Å². The van der Waals surface area contributed by atoms with E-state index in [1.807, 2.05) is 24.3 Å². The Hall–Kier alpha value is -0.580. The molecule has 0 aliphatic carbocycles. The Bertz CT molecular complexity index is 355. The lowest BCUT2D eigenvalue weighted by molar-refractivity contribution is 0.0122.